The highest BCUT2D eigenvalue weighted by atomic mass is 16.5. The van der Waals surface area contributed by atoms with Gasteiger partial charge < -0.3 is 19.4 Å². The van der Waals surface area contributed by atoms with Crippen molar-refractivity contribution in [2.75, 3.05) is 18.5 Å². The van der Waals surface area contributed by atoms with E-state index < -0.39 is 24.5 Å². The maximum Gasteiger partial charge on any atom is 0.338 e. The fraction of sp³-hybridized carbons (Fsp3) is 0.208. The highest BCUT2D eigenvalue weighted by Gasteiger charge is 2.12. The maximum atomic E-state index is 12.3. The average molecular weight is 420 g/mol. The third-order valence-electron chi connectivity index (χ3n) is 4.65. The number of aryl methyl sites for hydroxylation is 2. The Balaban J connectivity index is 1.53. The Morgan fingerprint density at radius 2 is 1.29 bits per heavy atom. The Morgan fingerprint density at radius 1 is 0.774 bits per heavy atom. The molecule has 1 aromatic heterocycles. The topological polar surface area (TPSA) is 86.6 Å². The van der Waals surface area contributed by atoms with Crippen molar-refractivity contribution >= 4 is 23.5 Å². The van der Waals surface area contributed by atoms with Crippen LogP contribution in [0.5, 0.6) is 0 Å². The second-order valence-electron chi connectivity index (χ2n) is 6.92. The smallest absolute Gasteiger partial charge is 0.338 e. The number of amides is 1. The summed E-state index contributed by atoms with van der Waals surface area (Å²) in [5.41, 5.74) is 4.37. The first kappa shape index (κ1) is 21.8. The molecule has 0 saturated carbocycles. The van der Waals surface area contributed by atoms with E-state index in [4.69, 9.17) is 9.47 Å². The van der Waals surface area contributed by atoms with E-state index in [0.29, 0.717) is 16.8 Å². The van der Waals surface area contributed by atoms with Crippen molar-refractivity contribution < 1.29 is 23.9 Å². The van der Waals surface area contributed by atoms with Crippen LogP contribution in [0, 0.1) is 13.8 Å². The highest BCUT2D eigenvalue weighted by Crippen LogP contribution is 2.17. The molecule has 31 heavy (non-hydrogen) atoms. The first-order valence-corrected chi connectivity index (χ1v) is 9.88. The van der Waals surface area contributed by atoms with Gasteiger partial charge in [-0.15, -0.1) is 0 Å². The number of nitrogens with zero attached hydrogens (tertiary/aromatic N) is 1. The number of rotatable bonds is 7. The van der Waals surface area contributed by atoms with Gasteiger partial charge in [-0.25, -0.2) is 9.59 Å². The molecular weight excluding hydrogens is 396 g/mol. The molecule has 3 aromatic rings. The second kappa shape index (κ2) is 9.75. The number of carbonyl (C=O) groups is 3. The number of ether oxygens (including phenoxy) is 2. The molecule has 1 N–H and O–H groups in total. The molecule has 1 amide bonds. The van der Waals surface area contributed by atoms with Crippen LogP contribution >= 0.6 is 0 Å². The van der Waals surface area contributed by atoms with Gasteiger partial charge in [0.25, 0.3) is 5.91 Å². The number of carbonyl (C=O) groups excluding carboxylic acids is 3. The predicted octanol–water partition coefficient (Wildman–Crippen LogP) is 4.07. The summed E-state index contributed by atoms with van der Waals surface area (Å²) in [6, 6.07) is 17.3. The van der Waals surface area contributed by atoms with Gasteiger partial charge in [0.05, 0.1) is 17.7 Å². The normalized spacial score (nSPS) is 10.4. The number of anilines is 1. The van der Waals surface area contributed by atoms with Crippen molar-refractivity contribution in [3.05, 3.63) is 83.2 Å². The number of nitrogens with one attached hydrogen (secondary N) is 1. The minimum Gasteiger partial charge on any atom is -0.462 e. The molecule has 0 unspecified atom stereocenters. The summed E-state index contributed by atoms with van der Waals surface area (Å²) in [6.07, 6.45) is 0. The largest absolute Gasteiger partial charge is 0.462 e. The monoisotopic (exact) mass is 420 g/mol. The number of esters is 2. The van der Waals surface area contributed by atoms with Crippen molar-refractivity contribution in [1.82, 2.24) is 4.57 Å². The van der Waals surface area contributed by atoms with Crippen molar-refractivity contribution in [3.8, 4) is 5.69 Å². The molecule has 3 rings (SSSR count). The summed E-state index contributed by atoms with van der Waals surface area (Å²) in [5, 5.41) is 2.62. The van der Waals surface area contributed by atoms with E-state index in [1.807, 2.05) is 38.1 Å². The van der Waals surface area contributed by atoms with E-state index in [1.165, 1.54) is 0 Å². The Hall–Kier alpha value is -3.87. The van der Waals surface area contributed by atoms with Gasteiger partial charge in [-0.2, -0.15) is 0 Å². The molecule has 0 aliphatic heterocycles. The second-order valence-corrected chi connectivity index (χ2v) is 6.92. The third-order valence-corrected chi connectivity index (χ3v) is 4.65. The zero-order chi connectivity index (χ0) is 22.4. The fourth-order valence-corrected chi connectivity index (χ4v) is 3.14. The average Bonchev–Trinajstić information content (AvgIpc) is 3.11. The Kier molecular flexibility index (Phi) is 6.87. The van der Waals surface area contributed by atoms with E-state index in [2.05, 4.69) is 9.88 Å². The lowest BCUT2D eigenvalue weighted by molar-refractivity contribution is -0.119. The van der Waals surface area contributed by atoms with Gasteiger partial charge in [0, 0.05) is 22.8 Å². The lowest BCUT2D eigenvalue weighted by atomic mass is 10.2. The summed E-state index contributed by atoms with van der Waals surface area (Å²) >= 11 is 0. The Morgan fingerprint density at radius 3 is 1.84 bits per heavy atom. The van der Waals surface area contributed by atoms with Gasteiger partial charge in [-0.3, -0.25) is 4.79 Å². The molecule has 0 atom stereocenters. The minimum atomic E-state index is -0.583. The van der Waals surface area contributed by atoms with Crippen molar-refractivity contribution in [3.63, 3.8) is 0 Å². The summed E-state index contributed by atoms with van der Waals surface area (Å²) in [5.74, 6) is -1.49. The van der Waals surface area contributed by atoms with Crippen LogP contribution in [-0.4, -0.2) is 35.6 Å². The van der Waals surface area contributed by atoms with Gasteiger partial charge in [-0.1, -0.05) is 0 Å². The molecule has 2 aromatic carbocycles. The van der Waals surface area contributed by atoms with Gasteiger partial charge in [0.1, 0.15) is 0 Å². The molecule has 0 fully saturated rings. The van der Waals surface area contributed by atoms with Crippen LogP contribution in [0.4, 0.5) is 5.69 Å². The maximum absolute atomic E-state index is 12.3. The summed E-state index contributed by atoms with van der Waals surface area (Å²) in [4.78, 5) is 36.0. The Bertz CT molecular complexity index is 1060. The van der Waals surface area contributed by atoms with Crippen molar-refractivity contribution in [2.45, 2.75) is 20.8 Å². The molecule has 0 bridgehead atoms. The molecule has 0 saturated heterocycles. The number of benzene rings is 2. The van der Waals surface area contributed by atoms with Crippen molar-refractivity contribution in [2.24, 2.45) is 0 Å². The van der Waals surface area contributed by atoms with E-state index in [0.717, 1.165) is 17.1 Å². The first-order valence-electron chi connectivity index (χ1n) is 9.88. The molecular formula is C24H24N2O5. The third kappa shape index (κ3) is 5.39. The lowest BCUT2D eigenvalue weighted by Gasteiger charge is -2.10. The standard InChI is InChI=1S/C24H24N2O5/c1-4-30-23(28)18-7-11-20(12-8-18)25-22(27)15-31-24(29)19-9-13-21(14-10-19)26-16(2)5-6-17(26)3/h5-14H,4,15H2,1-3H3,(H,25,27). The fourth-order valence-electron chi connectivity index (χ4n) is 3.14. The Labute approximate surface area is 180 Å². The van der Waals surface area contributed by atoms with E-state index in [-0.39, 0.29) is 6.61 Å². The zero-order valence-corrected chi connectivity index (χ0v) is 17.7. The summed E-state index contributed by atoms with van der Waals surface area (Å²) in [7, 11) is 0. The quantitative estimate of drug-likeness (QED) is 0.583. The first-order chi connectivity index (χ1) is 14.9. The van der Waals surface area contributed by atoms with E-state index >= 15 is 0 Å². The predicted molar refractivity (Wildman–Crippen MR) is 117 cm³/mol. The molecule has 1 heterocycles. The van der Waals surface area contributed by atoms with Crippen LogP contribution in [-0.2, 0) is 14.3 Å². The van der Waals surface area contributed by atoms with E-state index in [1.54, 1.807) is 43.3 Å². The lowest BCUT2D eigenvalue weighted by Crippen LogP contribution is -2.21. The SMILES string of the molecule is CCOC(=O)c1ccc(NC(=O)COC(=O)c2ccc(-n3c(C)ccc3C)cc2)cc1. The molecule has 7 nitrogen and oxygen atoms in total. The molecule has 0 spiro atoms. The van der Waals surface area contributed by atoms with Crippen LogP contribution in [0.3, 0.4) is 0 Å². The summed E-state index contributed by atoms with van der Waals surface area (Å²) < 4.78 is 12.1. The summed E-state index contributed by atoms with van der Waals surface area (Å²) in [6.45, 7) is 5.62. The van der Waals surface area contributed by atoms with Crippen LogP contribution in [0.2, 0.25) is 0 Å². The van der Waals surface area contributed by atoms with E-state index in [9.17, 15) is 14.4 Å². The van der Waals surface area contributed by atoms with Crippen molar-refractivity contribution in [1.29, 1.82) is 0 Å². The van der Waals surface area contributed by atoms with Crippen LogP contribution in [0.1, 0.15) is 39.0 Å². The molecule has 160 valence electrons. The number of aromatic nitrogens is 1. The van der Waals surface area contributed by atoms with Gasteiger partial charge in [-0.05, 0) is 81.4 Å². The number of hydrogen-bond acceptors (Lipinski definition) is 5. The molecule has 7 heteroatoms. The molecule has 0 radical (unpaired) electrons. The highest BCUT2D eigenvalue weighted by molar-refractivity contribution is 5.96. The number of hydrogen-bond donors (Lipinski definition) is 1. The van der Waals surface area contributed by atoms with Gasteiger partial charge in [0.15, 0.2) is 6.61 Å². The van der Waals surface area contributed by atoms with Gasteiger partial charge >= 0.3 is 11.9 Å². The molecule has 0 aliphatic carbocycles. The molecule has 0 aliphatic rings. The van der Waals surface area contributed by atoms with Crippen LogP contribution < -0.4 is 5.32 Å². The van der Waals surface area contributed by atoms with Crippen LogP contribution in [0.15, 0.2) is 60.7 Å². The van der Waals surface area contributed by atoms with Crippen LogP contribution in [0.25, 0.3) is 5.69 Å². The zero-order valence-electron chi connectivity index (χ0n) is 17.7. The minimum absolute atomic E-state index is 0.289. The van der Waals surface area contributed by atoms with Gasteiger partial charge in [0.2, 0.25) is 0 Å².